The van der Waals surface area contributed by atoms with E-state index < -0.39 is 9.84 Å². The number of hydrogen-bond donors (Lipinski definition) is 2. The van der Waals surface area contributed by atoms with Crippen LogP contribution in [0.15, 0.2) is 23.2 Å². The number of nitrogens with one attached hydrogen (secondary N) is 2. The van der Waals surface area contributed by atoms with Gasteiger partial charge in [0.2, 0.25) is 0 Å². The molecule has 1 aliphatic rings. The molecule has 6 nitrogen and oxygen atoms in total. The van der Waals surface area contributed by atoms with E-state index in [0.29, 0.717) is 31.4 Å². The number of rotatable bonds is 7. The van der Waals surface area contributed by atoms with Crippen LogP contribution in [0.1, 0.15) is 30.9 Å². The fourth-order valence-electron chi connectivity index (χ4n) is 2.83. The molecule has 2 N–H and O–H groups in total. The van der Waals surface area contributed by atoms with Crippen molar-refractivity contribution < 1.29 is 13.2 Å². The minimum absolute atomic E-state index is 0.159. The Morgan fingerprint density at radius 2 is 2.16 bits per heavy atom. The van der Waals surface area contributed by atoms with Crippen LogP contribution in [0.4, 0.5) is 0 Å². The maximum absolute atomic E-state index is 11.5. The SMILES string of the molecule is CCCOc1cc(C)ccc1CNC(=NC)NCC1CCS(=O)(=O)C1. The van der Waals surface area contributed by atoms with Crippen molar-refractivity contribution in [3.05, 3.63) is 29.3 Å². The van der Waals surface area contributed by atoms with Crippen LogP contribution in [0.5, 0.6) is 5.75 Å². The first-order valence-electron chi connectivity index (χ1n) is 8.80. The number of nitrogens with zero attached hydrogens (tertiary/aromatic N) is 1. The van der Waals surface area contributed by atoms with Gasteiger partial charge in [-0.3, -0.25) is 4.99 Å². The van der Waals surface area contributed by atoms with E-state index in [-0.39, 0.29) is 11.7 Å². The lowest BCUT2D eigenvalue weighted by molar-refractivity contribution is 0.313. The first kappa shape index (κ1) is 19.6. The molecular formula is C18H29N3O3S. The predicted octanol–water partition coefficient (Wildman–Crippen LogP) is 1.88. The molecule has 1 aliphatic heterocycles. The average molecular weight is 368 g/mol. The number of hydrogen-bond acceptors (Lipinski definition) is 4. The van der Waals surface area contributed by atoms with Crippen molar-refractivity contribution in [3.63, 3.8) is 0 Å². The van der Waals surface area contributed by atoms with Crippen LogP contribution in [-0.2, 0) is 16.4 Å². The number of aryl methyl sites for hydroxylation is 1. The second-order valence-corrected chi connectivity index (χ2v) is 8.76. The summed E-state index contributed by atoms with van der Waals surface area (Å²) in [6.45, 7) is 6.04. The molecule has 0 aliphatic carbocycles. The topological polar surface area (TPSA) is 79.8 Å². The van der Waals surface area contributed by atoms with Gasteiger partial charge in [-0.1, -0.05) is 19.1 Å². The van der Waals surface area contributed by atoms with Crippen LogP contribution in [0.3, 0.4) is 0 Å². The van der Waals surface area contributed by atoms with Crippen LogP contribution in [-0.4, -0.2) is 46.1 Å². The Hall–Kier alpha value is -1.76. The largest absolute Gasteiger partial charge is 0.493 e. The van der Waals surface area contributed by atoms with Crippen molar-refractivity contribution in [1.29, 1.82) is 0 Å². The van der Waals surface area contributed by atoms with E-state index in [1.807, 2.05) is 13.0 Å². The molecule has 1 aromatic rings. The standard InChI is InChI=1S/C18H29N3O3S/c1-4-8-24-17-10-14(2)5-6-16(17)12-21-18(19-3)20-11-15-7-9-25(22,23)13-15/h5-6,10,15H,4,7-9,11-13H2,1-3H3,(H2,19,20,21). The molecule has 25 heavy (non-hydrogen) atoms. The number of guanidine groups is 1. The van der Waals surface area contributed by atoms with E-state index in [9.17, 15) is 8.42 Å². The molecular weight excluding hydrogens is 338 g/mol. The van der Waals surface area contributed by atoms with Crippen molar-refractivity contribution in [2.75, 3.05) is 31.7 Å². The van der Waals surface area contributed by atoms with Crippen molar-refractivity contribution in [3.8, 4) is 5.75 Å². The van der Waals surface area contributed by atoms with Gasteiger partial charge in [0.1, 0.15) is 5.75 Å². The van der Waals surface area contributed by atoms with Crippen molar-refractivity contribution >= 4 is 15.8 Å². The van der Waals surface area contributed by atoms with E-state index >= 15 is 0 Å². The Labute approximate surface area is 151 Å². The molecule has 1 unspecified atom stereocenters. The molecule has 0 aromatic heterocycles. The van der Waals surface area contributed by atoms with Crippen molar-refractivity contribution in [2.24, 2.45) is 10.9 Å². The minimum atomic E-state index is -2.84. The van der Waals surface area contributed by atoms with Crippen LogP contribution >= 0.6 is 0 Å². The van der Waals surface area contributed by atoms with Gasteiger partial charge in [0, 0.05) is 25.7 Å². The molecule has 0 radical (unpaired) electrons. The Bertz CT molecular complexity index is 702. The predicted molar refractivity (Wildman–Crippen MR) is 102 cm³/mol. The van der Waals surface area contributed by atoms with E-state index in [2.05, 4.69) is 34.7 Å². The molecule has 0 bridgehead atoms. The van der Waals surface area contributed by atoms with E-state index in [4.69, 9.17) is 4.74 Å². The normalized spacial score (nSPS) is 19.6. The first-order chi connectivity index (χ1) is 11.9. The van der Waals surface area contributed by atoms with E-state index in [1.165, 1.54) is 5.56 Å². The Balaban J connectivity index is 1.88. The quantitative estimate of drug-likeness (QED) is 0.568. The van der Waals surface area contributed by atoms with Crippen molar-refractivity contribution in [2.45, 2.75) is 33.2 Å². The third kappa shape index (κ3) is 6.23. The highest BCUT2D eigenvalue weighted by Crippen LogP contribution is 2.20. The van der Waals surface area contributed by atoms with Gasteiger partial charge in [-0.25, -0.2) is 8.42 Å². The summed E-state index contributed by atoms with van der Waals surface area (Å²) in [6.07, 6.45) is 1.69. The molecule has 1 heterocycles. The zero-order chi connectivity index (χ0) is 18.3. The third-order valence-electron chi connectivity index (χ3n) is 4.24. The lowest BCUT2D eigenvalue weighted by Gasteiger charge is -2.16. The second-order valence-electron chi connectivity index (χ2n) is 6.54. The fourth-order valence-corrected chi connectivity index (χ4v) is 4.69. The minimum Gasteiger partial charge on any atom is -0.493 e. The Morgan fingerprint density at radius 3 is 2.80 bits per heavy atom. The van der Waals surface area contributed by atoms with Gasteiger partial charge >= 0.3 is 0 Å². The van der Waals surface area contributed by atoms with Gasteiger partial charge in [-0.2, -0.15) is 0 Å². The lowest BCUT2D eigenvalue weighted by Crippen LogP contribution is -2.39. The maximum atomic E-state index is 11.5. The Morgan fingerprint density at radius 1 is 1.36 bits per heavy atom. The smallest absolute Gasteiger partial charge is 0.191 e. The monoisotopic (exact) mass is 367 g/mol. The molecule has 1 aromatic carbocycles. The van der Waals surface area contributed by atoms with Gasteiger partial charge in [-0.05, 0) is 37.3 Å². The van der Waals surface area contributed by atoms with Gasteiger partial charge in [0.25, 0.3) is 0 Å². The summed E-state index contributed by atoms with van der Waals surface area (Å²) in [5, 5.41) is 6.50. The van der Waals surface area contributed by atoms with E-state index in [1.54, 1.807) is 7.05 Å². The summed E-state index contributed by atoms with van der Waals surface area (Å²) in [7, 11) is -1.13. The highest BCUT2D eigenvalue weighted by atomic mass is 32.2. The highest BCUT2D eigenvalue weighted by Gasteiger charge is 2.27. The molecule has 1 atom stereocenters. The fraction of sp³-hybridized carbons (Fsp3) is 0.611. The van der Waals surface area contributed by atoms with Gasteiger partial charge in [0.05, 0.1) is 18.1 Å². The zero-order valence-electron chi connectivity index (χ0n) is 15.3. The molecule has 1 fully saturated rings. The molecule has 0 amide bonds. The molecule has 0 saturated carbocycles. The molecule has 2 rings (SSSR count). The number of aliphatic imine (C=N–C) groups is 1. The van der Waals surface area contributed by atoms with Gasteiger partial charge in [0.15, 0.2) is 15.8 Å². The Kier molecular flexibility index (Phi) is 7.11. The molecule has 0 spiro atoms. The van der Waals surface area contributed by atoms with Crippen LogP contribution < -0.4 is 15.4 Å². The summed E-state index contributed by atoms with van der Waals surface area (Å²) in [4.78, 5) is 4.21. The maximum Gasteiger partial charge on any atom is 0.191 e. The van der Waals surface area contributed by atoms with Gasteiger partial charge in [-0.15, -0.1) is 0 Å². The van der Waals surface area contributed by atoms with Crippen LogP contribution in [0, 0.1) is 12.8 Å². The molecule has 140 valence electrons. The van der Waals surface area contributed by atoms with Crippen LogP contribution in [0.25, 0.3) is 0 Å². The summed E-state index contributed by atoms with van der Waals surface area (Å²) in [6, 6.07) is 6.17. The summed E-state index contributed by atoms with van der Waals surface area (Å²) in [5.74, 6) is 2.29. The number of benzene rings is 1. The number of ether oxygens (including phenoxy) is 1. The average Bonchev–Trinajstić information content (AvgIpc) is 2.93. The summed E-state index contributed by atoms with van der Waals surface area (Å²) < 4.78 is 28.9. The molecule has 7 heteroatoms. The zero-order valence-corrected chi connectivity index (χ0v) is 16.2. The third-order valence-corrected chi connectivity index (χ3v) is 6.08. The highest BCUT2D eigenvalue weighted by molar-refractivity contribution is 7.91. The van der Waals surface area contributed by atoms with Gasteiger partial charge < -0.3 is 15.4 Å². The molecule has 1 saturated heterocycles. The first-order valence-corrected chi connectivity index (χ1v) is 10.6. The summed E-state index contributed by atoms with van der Waals surface area (Å²) >= 11 is 0. The lowest BCUT2D eigenvalue weighted by atomic mass is 10.1. The van der Waals surface area contributed by atoms with Crippen molar-refractivity contribution in [1.82, 2.24) is 10.6 Å². The summed E-state index contributed by atoms with van der Waals surface area (Å²) in [5.41, 5.74) is 2.24. The second kappa shape index (κ2) is 9.08. The van der Waals surface area contributed by atoms with Crippen LogP contribution in [0.2, 0.25) is 0 Å². The van der Waals surface area contributed by atoms with E-state index in [0.717, 1.165) is 24.2 Å². The number of sulfone groups is 1.